The second-order valence-corrected chi connectivity index (χ2v) is 5.81. The summed E-state index contributed by atoms with van der Waals surface area (Å²) in [6.45, 7) is 3.96. The molecule has 0 atom stereocenters. The molecular weight excluding hydrogens is 286 g/mol. The van der Waals surface area contributed by atoms with Gasteiger partial charge in [0.1, 0.15) is 0 Å². The lowest BCUT2D eigenvalue weighted by atomic mass is 10.1. The van der Waals surface area contributed by atoms with Crippen LogP contribution in [0.5, 0.6) is 0 Å². The molecule has 0 bridgehead atoms. The Morgan fingerprint density at radius 3 is 2.81 bits per heavy atom. The van der Waals surface area contributed by atoms with E-state index in [1.165, 1.54) is 0 Å². The first-order chi connectivity index (χ1) is 10.0. The quantitative estimate of drug-likeness (QED) is 0.520. The van der Waals surface area contributed by atoms with Gasteiger partial charge in [0.05, 0.1) is 10.6 Å². The van der Waals surface area contributed by atoms with Crippen molar-refractivity contribution in [3.8, 4) is 0 Å². The number of aromatic nitrogens is 1. The van der Waals surface area contributed by atoms with E-state index in [1.807, 2.05) is 24.3 Å². The maximum atomic E-state index is 11.1. The Morgan fingerprint density at radius 1 is 1.38 bits per heavy atom. The molecule has 1 aromatic carbocycles. The second-order valence-electron chi connectivity index (χ2n) is 4.76. The molecule has 2 rings (SSSR count). The Kier molecular flexibility index (Phi) is 4.93. The van der Waals surface area contributed by atoms with Crippen molar-refractivity contribution in [1.82, 2.24) is 4.98 Å². The largest absolute Gasteiger partial charge is 0.326 e. The standard InChI is InChI=1S/C15H17N3O2S/c1-10-8-17-14(11(2)15(10)18(19)20)9-21-13-5-3-4-12(6-13)7-16/h3-6,8H,7,9,16H2,1-2H3. The van der Waals surface area contributed by atoms with Gasteiger partial charge in [-0.15, -0.1) is 11.8 Å². The van der Waals surface area contributed by atoms with Gasteiger partial charge in [-0.05, 0) is 31.5 Å². The molecule has 2 N–H and O–H groups in total. The van der Waals surface area contributed by atoms with E-state index in [-0.39, 0.29) is 10.6 Å². The molecule has 0 fully saturated rings. The number of hydrogen-bond donors (Lipinski definition) is 1. The third-order valence-electron chi connectivity index (χ3n) is 3.27. The first-order valence-corrected chi connectivity index (χ1v) is 7.52. The fourth-order valence-electron chi connectivity index (χ4n) is 2.11. The number of hydrogen-bond acceptors (Lipinski definition) is 5. The van der Waals surface area contributed by atoms with Gasteiger partial charge in [0.2, 0.25) is 0 Å². The zero-order valence-electron chi connectivity index (χ0n) is 12.0. The van der Waals surface area contributed by atoms with Gasteiger partial charge >= 0.3 is 0 Å². The number of nitro groups is 1. The number of nitrogens with two attached hydrogens (primary N) is 1. The number of rotatable bonds is 5. The highest BCUT2D eigenvalue weighted by atomic mass is 32.2. The first-order valence-electron chi connectivity index (χ1n) is 6.54. The first kappa shape index (κ1) is 15.5. The number of nitrogens with zero attached hydrogens (tertiary/aromatic N) is 2. The van der Waals surface area contributed by atoms with Gasteiger partial charge in [-0.3, -0.25) is 15.1 Å². The van der Waals surface area contributed by atoms with Gasteiger partial charge in [0, 0.05) is 34.5 Å². The van der Waals surface area contributed by atoms with Crippen molar-refractivity contribution in [2.24, 2.45) is 5.73 Å². The van der Waals surface area contributed by atoms with Crippen molar-refractivity contribution < 1.29 is 4.92 Å². The van der Waals surface area contributed by atoms with Crippen molar-refractivity contribution in [1.29, 1.82) is 0 Å². The van der Waals surface area contributed by atoms with Gasteiger partial charge in [0.25, 0.3) is 5.69 Å². The van der Waals surface area contributed by atoms with Crippen LogP contribution in [0.4, 0.5) is 5.69 Å². The summed E-state index contributed by atoms with van der Waals surface area (Å²) >= 11 is 1.60. The van der Waals surface area contributed by atoms with E-state index in [0.717, 1.165) is 16.2 Å². The van der Waals surface area contributed by atoms with Crippen LogP contribution in [-0.2, 0) is 12.3 Å². The van der Waals surface area contributed by atoms with Gasteiger partial charge in [-0.25, -0.2) is 0 Å². The highest BCUT2D eigenvalue weighted by molar-refractivity contribution is 7.98. The number of benzene rings is 1. The smallest absolute Gasteiger partial charge is 0.278 e. The highest BCUT2D eigenvalue weighted by Crippen LogP contribution is 2.29. The summed E-state index contributed by atoms with van der Waals surface area (Å²) in [5.74, 6) is 0.598. The van der Waals surface area contributed by atoms with Crippen LogP contribution < -0.4 is 5.73 Å². The Labute approximate surface area is 127 Å². The lowest BCUT2D eigenvalue weighted by molar-refractivity contribution is -0.386. The maximum absolute atomic E-state index is 11.1. The van der Waals surface area contributed by atoms with Crippen molar-refractivity contribution in [3.63, 3.8) is 0 Å². The van der Waals surface area contributed by atoms with Crippen LogP contribution >= 0.6 is 11.8 Å². The summed E-state index contributed by atoms with van der Waals surface area (Å²) in [4.78, 5) is 16.2. The molecule has 0 saturated carbocycles. The number of pyridine rings is 1. The van der Waals surface area contributed by atoms with Crippen LogP contribution in [0.15, 0.2) is 35.4 Å². The van der Waals surface area contributed by atoms with E-state index >= 15 is 0 Å². The van der Waals surface area contributed by atoms with E-state index in [0.29, 0.717) is 23.4 Å². The molecule has 0 radical (unpaired) electrons. The fraction of sp³-hybridized carbons (Fsp3) is 0.267. The third-order valence-corrected chi connectivity index (χ3v) is 4.27. The lowest BCUT2D eigenvalue weighted by Crippen LogP contribution is -2.01. The summed E-state index contributed by atoms with van der Waals surface area (Å²) in [5, 5.41) is 11.1. The zero-order valence-corrected chi connectivity index (χ0v) is 12.8. The zero-order chi connectivity index (χ0) is 15.4. The molecular formula is C15H17N3O2S. The van der Waals surface area contributed by atoms with Gasteiger partial charge in [0.15, 0.2) is 0 Å². The normalized spacial score (nSPS) is 10.6. The molecule has 0 aliphatic carbocycles. The Hall–Kier alpha value is -1.92. The summed E-state index contributed by atoms with van der Waals surface area (Å²) in [7, 11) is 0. The third kappa shape index (κ3) is 3.59. The molecule has 110 valence electrons. The minimum atomic E-state index is -0.338. The molecule has 2 aromatic rings. The van der Waals surface area contributed by atoms with E-state index in [9.17, 15) is 10.1 Å². The van der Waals surface area contributed by atoms with E-state index in [4.69, 9.17) is 5.73 Å². The molecule has 6 heteroatoms. The summed E-state index contributed by atoms with van der Waals surface area (Å²) in [6.07, 6.45) is 1.57. The van der Waals surface area contributed by atoms with Gasteiger partial charge < -0.3 is 5.73 Å². The average Bonchev–Trinajstić information content (AvgIpc) is 2.46. The van der Waals surface area contributed by atoms with E-state index in [2.05, 4.69) is 4.98 Å². The Balaban J connectivity index is 2.20. The van der Waals surface area contributed by atoms with Crippen molar-refractivity contribution >= 4 is 17.4 Å². The van der Waals surface area contributed by atoms with Crippen LogP contribution in [0, 0.1) is 24.0 Å². The number of thioether (sulfide) groups is 1. The summed E-state index contributed by atoms with van der Waals surface area (Å²) in [6, 6.07) is 7.97. The van der Waals surface area contributed by atoms with E-state index in [1.54, 1.807) is 31.8 Å². The molecule has 0 amide bonds. The number of aryl methyl sites for hydroxylation is 1. The predicted octanol–water partition coefficient (Wildman–Crippen LogP) is 3.36. The van der Waals surface area contributed by atoms with Gasteiger partial charge in [-0.2, -0.15) is 0 Å². The molecule has 0 spiro atoms. The van der Waals surface area contributed by atoms with Crippen molar-refractivity contribution in [3.05, 3.63) is 63.0 Å². The molecule has 0 aliphatic heterocycles. The van der Waals surface area contributed by atoms with Gasteiger partial charge in [-0.1, -0.05) is 12.1 Å². The molecule has 0 saturated heterocycles. The minimum absolute atomic E-state index is 0.163. The van der Waals surface area contributed by atoms with Crippen molar-refractivity contribution in [2.45, 2.75) is 31.0 Å². The average molecular weight is 303 g/mol. The maximum Gasteiger partial charge on any atom is 0.278 e. The predicted molar refractivity (Wildman–Crippen MR) is 84.3 cm³/mol. The van der Waals surface area contributed by atoms with Crippen LogP contribution in [0.2, 0.25) is 0 Å². The van der Waals surface area contributed by atoms with Crippen LogP contribution in [-0.4, -0.2) is 9.91 Å². The van der Waals surface area contributed by atoms with Crippen molar-refractivity contribution in [2.75, 3.05) is 0 Å². The van der Waals surface area contributed by atoms with E-state index < -0.39 is 0 Å². The topological polar surface area (TPSA) is 82.0 Å². The Bertz CT molecular complexity index is 674. The SMILES string of the molecule is Cc1cnc(CSc2cccc(CN)c2)c(C)c1[N+](=O)[O-]. The summed E-state index contributed by atoms with van der Waals surface area (Å²) < 4.78 is 0. The highest BCUT2D eigenvalue weighted by Gasteiger charge is 2.18. The molecule has 0 aliphatic rings. The van der Waals surface area contributed by atoms with Crippen LogP contribution in [0.25, 0.3) is 0 Å². The minimum Gasteiger partial charge on any atom is -0.326 e. The second kappa shape index (κ2) is 6.69. The molecule has 5 nitrogen and oxygen atoms in total. The lowest BCUT2D eigenvalue weighted by Gasteiger charge is -2.08. The monoisotopic (exact) mass is 303 g/mol. The van der Waals surface area contributed by atoms with Crippen LogP contribution in [0.1, 0.15) is 22.4 Å². The summed E-state index contributed by atoms with van der Waals surface area (Å²) in [5.41, 5.74) is 8.84. The van der Waals surface area contributed by atoms with Crippen LogP contribution in [0.3, 0.4) is 0 Å². The molecule has 1 heterocycles. The molecule has 0 unspecified atom stereocenters. The molecule has 21 heavy (non-hydrogen) atoms. The fourth-order valence-corrected chi connectivity index (χ4v) is 3.11. The molecule has 1 aromatic heterocycles. The Morgan fingerprint density at radius 2 is 2.14 bits per heavy atom.